The highest BCUT2D eigenvalue weighted by Gasteiger charge is 2.13. The molecule has 0 amide bonds. The van der Waals surface area contributed by atoms with Gasteiger partial charge in [-0.25, -0.2) is 9.78 Å². The maximum Gasteiger partial charge on any atom is 0.355 e. The molecule has 0 radical (unpaired) electrons. The molecule has 0 saturated heterocycles. The van der Waals surface area contributed by atoms with Crippen LogP contribution in [0, 0.1) is 6.92 Å². The van der Waals surface area contributed by atoms with Crippen LogP contribution in [0.15, 0.2) is 29.6 Å². The van der Waals surface area contributed by atoms with Crippen LogP contribution >= 0.6 is 11.3 Å². The molecule has 0 bridgehead atoms. The average molecular weight is 272 g/mol. The molecule has 96 valence electrons. The smallest absolute Gasteiger partial charge is 0.355 e. The van der Waals surface area contributed by atoms with Gasteiger partial charge in [0.05, 0.1) is 5.01 Å². The predicted molar refractivity (Wildman–Crippen MR) is 74.9 cm³/mol. The van der Waals surface area contributed by atoms with Crippen molar-refractivity contribution in [2.24, 2.45) is 0 Å². The molecule has 0 fully saturated rings. The number of para-hydroxylation sites is 1. The molecule has 0 saturated carbocycles. The van der Waals surface area contributed by atoms with E-state index < -0.39 is 5.97 Å². The van der Waals surface area contributed by atoms with Crippen molar-refractivity contribution in [2.45, 2.75) is 13.3 Å². The maximum atomic E-state index is 10.8. The van der Waals surface area contributed by atoms with E-state index in [1.54, 1.807) is 5.38 Å². The molecule has 0 aliphatic carbocycles. The van der Waals surface area contributed by atoms with Gasteiger partial charge in [-0.05, 0) is 18.6 Å². The van der Waals surface area contributed by atoms with Crippen molar-refractivity contribution in [1.29, 1.82) is 0 Å². The number of carboxylic acids is 1. The highest BCUT2D eigenvalue weighted by atomic mass is 32.1. The van der Waals surface area contributed by atoms with Gasteiger partial charge >= 0.3 is 5.97 Å². The van der Waals surface area contributed by atoms with Crippen LogP contribution in [0.2, 0.25) is 0 Å². The van der Waals surface area contributed by atoms with E-state index in [0.29, 0.717) is 6.42 Å². The third kappa shape index (κ3) is 2.13. The van der Waals surface area contributed by atoms with Crippen LogP contribution in [-0.2, 0) is 6.42 Å². The number of carbonyl (C=O) groups is 1. The van der Waals surface area contributed by atoms with Gasteiger partial charge in [0.1, 0.15) is 0 Å². The fourth-order valence-electron chi connectivity index (χ4n) is 2.20. The summed E-state index contributed by atoms with van der Waals surface area (Å²) in [6.45, 7) is 2.03. The zero-order valence-corrected chi connectivity index (χ0v) is 11.1. The molecule has 0 atom stereocenters. The summed E-state index contributed by atoms with van der Waals surface area (Å²) in [5.74, 6) is -0.974. The van der Waals surface area contributed by atoms with Crippen LogP contribution in [-0.4, -0.2) is 21.0 Å². The van der Waals surface area contributed by atoms with Crippen LogP contribution < -0.4 is 0 Å². The molecule has 1 aromatic carbocycles. The normalized spacial score (nSPS) is 11.0. The van der Waals surface area contributed by atoms with E-state index in [1.807, 2.05) is 25.1 Å². The van der Waals surface area contributed by atoms with Gasteiger partial charge in [-0.2, -0.15) is 0 Å². The molecule has 3 aromatic rings. The molecular formula is C14H12N2O2S. The Bertz CT molecular complexity index is 758. The first-order valence-electron chi connectivity index (χ1n) is 5.89. The summed E-state index contributed by atoms with van der Waals surface area (Å²) in [7, 11) is 0. The van der Waals surface area contributed by atoms with Crippen LogP contribution in [0.25, 0.3) is 10.9 Å². The minimum absolute atomic E-state index is 0.123. The van der Waals surface area contributed by atoms with Crippen molar-refractivity contribution in [1.82, 2.24) is 9.97 Å². The number of H-pyrrole nitrogens is 1. The summed E-state index contributed by atoms with van der Waals surface area (Å²) in [6, 6.07) is 8.11. The average Bonchev–Trinajstić information content (AvgIpc) is 2.96. The lowest BCUT2D eigenvalue weighted by Crippen LogP contribution is -1.97. The summed E-state index contributed by atoms with van der Waals surface area (Å²) in [4.78, 5) is 18.3. The number of hydrogen-bond acceptors (Lipinski definition) is 3. The SMILES string of the molecule is Cc1[nH]c2ccccc2c1Cc1nc(C(=O)O)cs1. The number of fused-ring (bicyclic) bond motifs is 1. The topological polar surface area (TPSA) is 66.0 Å². The molecule has 0 aliphatic rings. The summed E-state index contributed by atoms with van der Waals surface area (Å²) >= 11 is 1.39. The molecule has 0 spiro atoms. The number of carboxylic acid groups (broad SMARTS) is 1. The van der Waals surface area contributed by atoms with Crippen molar-refractivity contribution in [2.75, 3.05) is 0 Å². The van der Waals surface area contributed by atoms with Crippen LogP contribution in [0.4, 0.5) is 0 Å². The second-order valence-corrected chi connectivity index (χ2v) is 5.33. The van der Waals surface area contributed by atoms with Gasteiger partial charge in [-0.15, -0.1) is 11.3 Å². The first-order valence-corrected chi connectivity index (χ1v) is 6.77. The standard InChI is InChI=1S/C14H12N2O2S/c1-8-10(9-4-2-3-5-11(9)15-8)6-13-16-12(7-19-13)14(17)18/h2-5,7,15H,6H2,1H3,(H,17,18). The van der Waals surface area contributed by atoms with Crippen molar-refractivity contribution < 1.29 is 9.90 Å². The van der Waals surface area contributed by atoms with Crippen molar-refractivity contribution in [3.05, 3.63) is 51.6 Å². The number of nitrogens with zero attached hydrogens (tertiary/aromatic N) is 1. The van der Waals surface area contributed by atoms with Gasteiger partial charge in [-0.1, -0.05) is 18.2 Å². The Labute approximate surface area is 113 Å². The lowest BCUT2D eigenvalue weighted by molar-refractivity contribution is 0.0691. The number of rotatable bonds is 3. The zero-order valence-electron chi connectivity index (χ0n) is 10.3. The van der Waals surface area contributed by atoms with Gasteiger partial charge in [0, 0.05) is 28.4 Å². The quantitative estimate of drug-likeness (QED) is 0.769. The van der Waals surface area contributed by atoms with Gasteiger partial charge in [-0.3, -0.25) is 0 Å². The molecule has 5 heteroatoms. The lowest BCUT2D eigenvalue weighted by Gasteiger charge is -1.98. The van der Waals surface area contributed by atoms with Crippen LogP contribution in [0.1, 0.15) is 26.8 Å². The fourth-order valence-corrected chi connectivity index (χ4v) is 2.98. The summed E-state index contributed by atoms with van der Waals surface area (Å²) < 4.78 is 0. The number of aromatic nitrogens is 2. The fraction of sp³-hybridized carbons (Fsp3) is 0.143. The maximum absolute atomic E-state index is 10.8. The van der Waals surface area contributed by atoms with Crippen molar-refractivity contribution >= 4 is 28.2 Å². The van der Waals surface area contributed by atoms with Gasteiger partial charge in [0.25, 0.3) is 0 Å². The monoisotopic (exact) mass is 272 g/mol. The minimum Gasteiger partial charge on any atom is -0.476 e. The number of thiazole rings is 1. The summed E-state index contributed by atoms with van der Waals surface area (Å²) in [5.41, 5.74) is 3.51. The Kier molecular flexibility index (Phi) is 2.83. The van der Waals surface area contributed by atoms with Crippen molar-refractivity contribution in [3.8, 4) is 0 Å². The van der Waals surface area contributed by atoms with E-state index in [-0.39, 0.29) is 5.69 Å². The van der Waals surface area contributed by atoms with Crippen molar-refractivity contribution in [3.63, 3.8) is 0 Å². The Morgan fingerprint density at radius 3 is 2.95 bits per heavy atom. The number of aromatic amines is 1. The first-order chi connectivity index (χ1) is 9.15. The molecule has 2 aromatic heterocycles. The van der Waals surface area contributed by atoms with Crippen LogP contribution in [0.5, 0.6) is 0 Å². The molecular weight excluding hydrogens is 260 g/mol. The Balaban J connectivity index is 2.00. The highest BCUT2D eigenvalue weighted by Crippen LogP contribution is 2.25. The second-order valence-electron chi connectivity index (χ2n) is 4.38. The largest absolute Gasteiger partial charge is 0.476 e. The Hall–Kier alpha value is -2.14. The van der Waals surface area contributed by atoms with E-state index in [0.717, 1.165) is 16.2 Å². The summed E-state index contributed by atoms with van der Waals surface area (Å²) in [6.07, 6.45) is 0.661. The van der Waals surface area contributed by atoms with E-state index in [4.69, 9.17) is 5.11 Å². The van der Waals surface area contributed by atoms with E-state index in [1.165, 1.54) is 22.3 Å². The molecule has 0 aliphatic heterocycles. The molecule has 19 heavy (non-hydrogen) atoms. The summed E-state index contributed by atoms with van der Waals surface area (Å²) in [5, 5.41) is 12.5. The Morgan fingerprint density at radius 2 is 2.21 bits per heavy atom. The third-order valence-corrected chi connectivity index (χ3v) is 3.97. The van der Waals surface area contributed by atoms with Gasteiger partial charge in [0.15, 0.2) is 5.69 Å². The second kappa shape index (κ2) is 4.51. The van der Waals surface area contributed by atoms with Gasteiger partial charge < -0.3 is 10.1 Å². The molecule has 0 unspecified atom stereocenters. The molecule has 2 N–H and O–H groups in total. The van der Waals surface area contributed by atoms with Crippen LogP contribution in [0.3, 0.4) is 0 Å². The molecule has 3 rings (SSSR count). The number of aromatic carboxylic acids is 1. The highest BCUT2D eigenvalue weighted by molar-refractivity contribution is 7.09. The first kappa shape index (κ1) is 11.9. The van der Waals surface area contributed by atoms with E-state index >= 15 is 0 Å². The number of benzene rings is 1. The molecule has 4 nitrogen and oxygen atoms in total. The number of aryl methyl sites for hydroxylation is 1. The minimum atomic E-state index is -0.974. The van der Waals surface area contributed by atoms with E-state index in [9.17, 15) is 4.79 Å². The van der Waals surface area contributed by atoms with Gasteiger partial charge in [0.2, 0.25) is 0 Å². The van der Waals surface area contributed by atoms with E-state index in [2.05, 4.69) is 16.0 Å². The number of hydrogen-bond donors (Lipinski definition) is 2. The zero-order chi connectivity index (χ0) is 13.4. The lowest BCUT2D eigenvalue weighted by atomic mass is 10.1. The number of nitrogens with one attached hydrogen (secondary N) is 1. The Morgan fingerprint density at radius 1 is 1.42 bits per heavy atom. The predicted octanol–water partition coefficient (Wildman–Crippen LogP) is 3.22. The third-order valence-electron chi connectivity index (χ3n) is 3.13. The molecule has 2 heterocycles.